The van der Waals surface area contributed by atoms with Gasteiger partial charge in [-0.2, -0.15) is 0 Å². The van der Waals surface area contributed by atoms with Crippen molar-refractivity contribution >= 4 is 10.8 Å². The molecule has 0 fully saturated rings. The van der Waals surface area contributed by atoms with Crippen LogP contribution in [0.25, 0.3) is 10.8 Å². The Morgan fingerprint density at radius 2 is 2.00 bits per heavy atom. The zero-order valence-corrected chi connectivity index (χ0v) is 12.4. The van der Waals surface area contributed by atoms with Crippen LogP contribution in [0.5, 0.6) is 0 Å². The van der Waals surface area contributed by atoms with Crippen LogP contribution in [0.15, 0.2) is 60.9 Å². The lowest BCUT2D eigenvalue weighted by molar-refractivity contribution is 0.211. The van der Waals surface area contributed by atoms with E-state index in [1.54, 1.807) is 0 Å². The molecular formula is C19H19N3. The van der Waals surface area contributed by atoms with Crippen LogP contribution >= 0.6 is 0 Å². The van der Waals surface area contributed by atoms with E-state index in [1.165, 1.54) is 27.5 Å². The van der Waals surface area contributed by atoms with E-state index in [9.17, 15) is 0 Å². The van der Waals surface area contributed by atoms with E-state index in [-0.39, 0.29) is 0 Å². The van der Waals surface area contributed by atoms with E-state index in [0.29, 0.717) is 12.6 Å². The molecular weight excluding hydrogens is 270 g/mol. The van der Waals surface area contributed by atoms with Crippen LogP contribution in [0.3, 0.4) is 0 Å². The molecule has 0 bridgehead atoms. The third kappa shape index (κ3) is 2.19. The number of pyridine rings is 1. The third-order valence-electron chi connectivity index (χ3n) is 4.57. The molecule has 2 aromatic carbocycles. The van der Waals surface area contributed by atoms with E-state index in [0.717, 1.165) is 13.1 Å². The van der Waals surface area contributed by atoms with Gasteiger partial charge in [0.05, 0.1) is 0 Å². The Morgan fingerprint density at radius 1 is 1.09 bits per heavy atom. The highest BCUT2D eigenvalue weighted by atomic mass is 15.2. The van der Waals surface area contributed by atoms with Crippen LogP contribution in [0.1, 0.15) is 22.7 Å². The van der Waals surface area contributed by atoms with Gasteiger partial charge in [-0.25, -0.2) is 0 Å². The Balaban J connectivity index is 1.73. The predicted molar refractivity (Wildman–Crippen MR) is 89.2 cm³/mol. The fraction of sp³-hybridized carbons (Fsp3) is 0.211. The molecule has 1 atom stereocenters. The summed E-state index contributed by atoms with van der Waals surface area (Å²) in [5, 5.41) is 2.66. The topological polar surface area (TPSA) is 42.1 Å². The number of rotatable bonds is 3. The smallest absolute Gasteiger partial charge is 0.0481 e. The Hall–Kier alpha value is -2.23. The normalized spacial score (nSPS) is 17.8. The maximum atomic E-state index is 6.08. The van der Waals surface area contributed by atoms with Crippen molar-refractivity contribution in [3.63, 3.8) is 0 Å². The fourth-order valence-electron chi connectivity index (χ4n) is 3.52. The molecule has 1 unspecified atom stereocenters. The second-order valence-corrected chi connectivity index (χ2v) is 5.87. The van der Waals surface area contributed by atoms with Gasteiger partial charge >= 0.3 is 0 Å². The first-order valence-corrected chi connectivity index (χ1v) is 7.70. The van der Waals surface area contributed by atoms with Crippen molar-refractivity contribution in [3.8, 4) is 0 Å². The van der Waals surface area contributed by atoms with Crippen molar-refractivity contribution < 1.29 is 0 Å². The van der Waals surface area contributed by atoms with Crippen LogP contribution in [0.4, 0.5) is 0 Å². The molecule has 0 aliphatic carbocycles. The maximum Gasteiger partial charge on any atom is 0.0481 e. The molecule has 3 nitrogen and oxygen atoms in total. The Bertz CT molecular complexity index is 798. The standard InChI is InChI=1S/C19H19N3/c20-10-19-17-8-7-15-5-1-2-6-16(15)18(17)13-22(19)12-14-4-3-9-21-11-14/h1-9,11,19H,10,12-13,20H2. The third-order valence-corrected chi connectivity index (χ3v) is 4.57. The number of benzene rings is 2. The highest BCUT2D eigenvalue weighted by Crippen LogP contribution is 2.38. The van der Waals surface area contributed by atoms with E-state index >= 15 is 0 Å². The molecule has 3 aromatic rings. The Labute approximate surface area is 130 Å². The van der Waals surface area contributed by atoms with E-state index in [4.69, 9.17) is 5.73 Å². The molecule has 0 saturated heterocycles. The summed E-state index contributed by atoms with van der Waals surface area (Å²) in [5.74, 6) is 0. The number of nitrogens with zero attached hydrogens (tertiary/aromatic N) is 2. The summed E-state index contributed by atoms with van der Waals surface area (Å²) >= 11 is 0. The molecule has 0 saturated carbocycles. The summed E-state index contributed by atoms with van der Waals surface area (Å²) in [7, 11) is 0. The molecule has 0 radical (unpaired) electrons. The van der Waals surface area contributed by atoms with Gasteiger partial charge in [-0.1, -0.05) is 42.5 Å². The molecule has 1 aromatic heterocycles. The van der Waals surface area contributed by atoms with Crippen LogP contribution in [0.2, 0.25) is 0 Å². The van der Waals surface area contributed by atoms with Crippen molar-refractivity contribution in [1.29, 1.82) is 0 Å². The Morgan fingerprint density at radius 3 is 2.82 bits per heavy atom. The van der Waals surface area contributed by atoms with Crippen LogP contribution in [0, 0.1) is 0 Å². The first kappa shape index (κ1) is 13.4. The van der Waals surface area contributed by atoms with E-state index < -0.39 is 0 Å². The van der Waals surface area contributed by atoms with Gasteiger partial charge in [0.15, 0.2) is 0 Å². The lowest BCUT2D eigenvalue weighted by atomic mass is 9.98. The Kier molecular flexibility index (Phi) is 3.37. The van der Waals surface area contributed by atoms with Crippen molar-refractivity contribution in [2.24, 2.45) is 5.73 Å². The summed E-state index contributed by atoms with van der Waals surface area (Å²) in [6.45, 7) is 2.48. The maximum absolute atomic E-state index is 6.08. The summed E-state index contributed by atoms with van der Waals surface area (Å²) in [6.07, 6.45) is 3.75. The summed E-state index contributed by atoms with van der Waals surface area (Å²) in [4.78, 5) is 6.67. The van der Waals surface area contributed by atoms with Crippen molar-refractivity contribution in [1.82, 2.24) is 9.88 Å². The molecule has 3 heteroatoms. The number of nitrogens with two attached hydrogens (primary N) is 1. The van der Waals surface area contributed by atoms with Crippen molar-refractivity contribution in [2.45, 2.75) is 19.1 Å². The van der Waals surface area contributed by atoms with Gasteiger partial charge < -0.3 is 5.73 Å². The van der Waals surface area contributed by atoms with Gasteiger partial charge in [-0.15, -0.1) is 0 Å². The highest BCUT2D eigenvalue weighted by molar-refractivity contribution is 5.87. The number of hydrogen-bond acceptors (Lipinski definition) is 3. The van der Waals surface area contributed by atoms with E-state index in [2.05, 4.69) is 52.3 Å². The summed E-state index contributed by atoms with van der Waals surface area (Å²) in [6, 6.07) is 17.5. The molecule has 0 spiro atoms. The first-order chi connectivity index (χ1) is 10.9. The highest BCUT2D eigenvalue weighted by Gasteiger charge is 2.30. The van der Waals surface area contributed by atoms with Crippen molar-refractivity contribution in [3.05, 3.63) is 77.6 Å². The van der Waals surface area contributed by atoms with Gasteiger partial charge in [0.1, 0.15) is 0 Å². The van der Waals surface area contributed by atoms with Crippen LogP contribution < -0.4 is 5.73 Å². The zero-order valence-electron chi connectivity index (χ0n) is 12.4. The van der Waals surface area contributed by atoms with Gasteiger partial charge in [0, 0.05) is 38.1 Å². The second kappa shape index (κ2) is 5.52. The zero-order chi connectivity index (χ0) is 14.9. The van der Waals surface area contributed by atoms with Gasteiger partial charge in [-0.05, 0) is 33.5 Å². The van der Waals surface area contributed by atoms with Crippen LogP contribution in [-0.4, -0.2) is 16.4 Å². The first-order valence-electron chi connectivity index (χ1n) is 7.70. The van der Waals surface area contributed by atoms with Crippen molar-refractivity contribution in [2.75, 3.05) is 6.54 Å². The molecule has 2 heterocycles. The minimum Gasteiger partial charge on any atom is -0.329 e. The summed E-state index contributed by atoms with van der Waals surface area (Å²) < 4.78 is 0. The summed E-state index contributed by atoms with van der Waals surface area (Å²) in [5.41, 5.74) is 10.1. The minimum atomic E-state index is 0.291. The molecule has 1 aliphatic heterocycles. The van der Waals surface area contributed by atoms with E-state index in [1.807, 2.05) is 18.5 Å². The molecule has 4 rings (SSSR count). The van der Waals surface area contributed by atoms with Gasteiger partial charge in [0.25, 0.3) is 0 Å². The molecule has 1 aliphatic rings. The monoisotopic (exact) mass is 289 g/mol. The van der Waals surface area contributed by atoms with Gasteiger partial charge in [-0.3, -0.25) is 9.88 Å². The largest absolute Gasteiger partial charge is 0.329 e. The number of fused-ring (bicyclic) bond motifs is 3. The fourth-order valence-corrected chi connectivity index (χ4v) is 3.52. The van der Waals surface area contributed by atoms with Crippen LogP contribution in [-0.2, 0) is 13.1 Å². The second-order valence-electron chi connectivity index (χ2n) is 5.87. The number of hydrogen-bond donors (Lipinski definition) is 1. The molecule has 0 amide bonds. The SMILES string of the molecule is NCC1c2ccc3ccccc3c2CN1Cc1cccnc1. The average molecular weight is 289 g/mol. The molecule has 2 N–H and O–H groups in total. The quantitative estimate of drug-likeness (QED) is 0.805. The van der Waals surface area contributed by atoms with Gasteiger partial charge in [0.2, 0.25) is 0 Å². The average Bonchev–Trinajstić information content (AvgIpc) is 2.93. The minimum absolute atomic E-state index is 0.291. The predicted octanol–water partition coefficient (Wildman–Crippen LogP) is 3.25. The molecule has 22 heavy (non-hydrogen) atoms. The lowest BCUT2D eigenvalue weighted by Crippen LogP contribution is -2.27. The number of aromatic nitrogens is 1. The lowest BCUT2D eigenvalue weighted by Gasteiger charge is -2.23. The molecule has 110 valence electrons.